The molecule has 0 N–H and O–H groups in total. The van der Waals surface area contributed by atoms with Crippen molar-refractivity contribution in [2.45, 2.75) is 19.3 Å². The zero-order valence-corrected chi connectivity index (χ0v) is 17.4. The average Bonchev–Trinajstić information content (AvgIpc) is 3.24. The minimum atomic E-state index is -0.0607. The molecule has 0 saturated heterocycles. The molecule has 6 rings (SSSR count). The first-order chi connectivity index (χ1) is 15.1. The zero-order chi connectivity index (χ0) is 21.0. The molecule has 31 heavy (non-hydrogen) atoms. The third kappa shape index (κ3) is 2.68. The van der Waals surface area contributed by atoms with Gasteiger partial charge in [-0.1, -0.05) is 50.2 Å². The van der Waals surface area contributed by atoms with Gasteiger partial charge >= 0.3 is 0 Å². The molecule has 3 heterocycles. The summed E-state index contributed by atoms with van der Waals surface area (Å²) in [5.74, 6) is 0.584. The lowest BCUT2D eigenvalue weighted by Crippen LogP contribution is -2.30. The van der Waals surface area contributed by atoms with Gasteiger partial charge in [0.05, 0.1) is 11.4 Å². The summed E-state index contributed by atoms with van der Waals surface area (Å²) in [6.07, 6.45) is 1.72. The van der Waals surface area contributed by atoms with E-state index in [-0.39, 0.29) is 5.41 Å². The Morgan fingerprint density at radius 1 is 0.742 bits per heavy atom. The Bertz CT molecular complexity index is 1330. The SMILES string of the molecule is CC1(C)c2ccccc2N(c2ccc(-c3nc4cccnc4o3)cc2)c2ccccc21. The Morgan fingerprint density at radius 3 is 2.03 bits per heavy atom. The number of hydrogen-bond donors (Lipinski definition) is 0. The predicted octanol–water partition coefficient (Wildman–Crippen LogP) is 7.00. The minimum absolute atomic E-state index is 0.0607. The van der Waals surface area contributed by atoms with Crippen LogP contribution in [-0.4, -0.2) is 9.97 Å². The van der Waals surface area contributed by atoms with Crippen LogP contribution in [0.2, 0.25) is 0 Å². The number of fused-ring (bicyclic) bond motifs is 3. The second-order valence-electron chi connectivity index (χ2n) is 8.39. The first kappa shape index (κ1) is 17.9. The standard InChI is InChI=1S/C27H21N3O/c1-27(2)20-8-3-5-11-23(20)30(24-12-6-4-9-21(24)27)19-15-13-18(14-16-19)25-29-22-10-7-17-28-26(22)31-25/h3-17H,1-2H3. The number of aromatic nitrogens is 2. The molecule has 2 aromatic heterocycles. The van der Waals surface area contributed by atoms with Crippen molar-refractivity contribution in [3.8, 4) is 11.5 Å². The van der Waals surface area contributed by atoms with Gasteiger partial charge in [-0.15, -0.1) is 0 Å². The van der Waals surface area contributed by atoms with Crippen LogP contribution in [0.15, 0.2) is 95.5 Å². The van der Waals surface area contributed by atoms with E-state index in [2.05, 4.69) is 102 Å². The van der Waals surface area contributed by atoms with Gasteiger partial charge in [0, 0.05) is 22.9 Å². The molecule has 5 aromatic rings. The van der Waals surface area contributed by atoms with E-state index in [1.807, 2.05) is 12.1 Å². The van der Waals surface area contributed by atoms with Gasteiger partial charge in [-0.05, 0) is 59.7 Å². The summed E-state index contributed by atoms with van der Waals surface area (Å²) in [5.41, 5.74) is 8.37. The molecular weight excluding hydrogens is 382 g/mol. The van der Waals surface area contributed by atoms with Gasteiger partial charge in [-0.2, -0.15) is 0 Å². The van der Waals surface area contributed by atoms with Crippen molar-refractivity contribution in [3.63, 3.8) is 0 Å². The van der Waals surface area contributed by atoms with Crippen molar-refractivity contribution in [3.05, 3.63) is 102 Å². The van der Waals surface area contributed by atoms with Crippen LogP contribution in [0.4, 0.5) is 17.1 Å². The van der Waals surface area contributed by atoms with Crippen molar-refractivity contribution in [1.29, 1.82) is 0 Å². The molecular formula is C27H21N3O. The second-order valence-corrected chi connectivity index (χ2v) is 8.39. The molecule has 0 saturated carbocycles. The molecule has 0 aliphatic carbocycles. The first-order valence-electron chi connectivity index (χ1n) is 10.4. The highest BCUT2D eigenvalue weighted by Gasteiger charge is 2.36. The summed E-state index contributed by atoms with van der Waals surface area (Å²) in [7, 11) is 0. The fourth-order valence-electron chi connectivity index (χ4n) is 4.59. The van der Waals surface area contributed by atoms with Crippen LogP contribution in [0.3, 0.4) is 0 Å². The molecule has 0 bridgehead atoms. The summed E-state index contributed by atoms with van der Waals surface area (Å²) in [4.78, 5) is 11.2. The Labute approximate surface area is 180 Å². The predicted molar refractivity (Wildman–Crippen MR) is 124 cm³/mol. The van der Waals surface area contributed by atoms with Gasteiger partial charge in [0.15, 0.2) is 0 Å². The molecule has 0 fully saturated rings. The van der Waals surface area contributed by atoms with E-state index >= 15 is 0 Å². The topological polar surface area (TPSA) is 42.2 Å². The molecule has 150 valence electrons. The highest BCUT2D eigenvalue weighted by molar-refractivity contribution is 5.86. The molecule has 0 spiro atoms. The Hall–Kier alpha value is -3.92. The lowest BCUT2D eigenvalue weighted by molar-refractivity contribution is 0.608. The van der Waals surface area contributed by atoms with Crippen molar-refractivity contribution in [1.82, 2.24) is 9.97 Å². The number of pyridine rings is 1. The van der Waals surface area contributed by atoms with Gasteiger partial charge < -0.3 is 9.32 Å². The molecule has 0 atom stereocenters. The molecule has 4 heteroatoms. The van der Waals surface area contributed by atoms with Crippen LogP contribution in [0.25, 0.3) is 22.7 Å². The van der Waals surface area contributed by atoms with E-state index in [1.54, 1.807) is 6.20 Å². The lowest BCUT2D eigenvalue weighted by Gasteiger charge is -2.42. The number of oxazole rings is 1. The van der Waals surface area contributed by atoms with Gasteiger partial charge in [-0.25, -0.2) is 9.97 Å². The van der Waals surface area contributed by atoms with E-state index in [9.17, 15) is 0 Å². The van der Waals surface area contributed by atoms with Gasteiger partial charge in [0.1, 0.15) is 5.52 Å². The maximum atomic E-state index is 5.84. The zero-order valence-electron chi connectivity index (χ0n) is 17.4. The summed E-state index contributed by atoms with van der Waals surface area (Å²) in [6, 6.07) is 29.5. The highest BCUT2D eigenvalue weighted by atomic mass is 16.4. The van der Waals surface area contributed by atoms with Crippen LogP contribution in [0, 0.1) is 0 Å². The maximum absolute atomic E-state index is 5.84. The molecule has 0 unspecified atom stereocenters. The lowest BCUT2D eigenvalue weighted by atomic mass is 9.73. The molecule has 4 nitrogen and oxygen atoms in total. The van der Waals surface area contributed by atoms with Crippen molar-refractivity contribution in [2.24, 2.45) is 0 Å². The van der Waals surface area contributed by atoms with E-state index in [4.69, 9.17) is 4.42 Å². The smallest absolute Gasteiger partial charge is 0.247 e. The van der Waals surface area contributed by atoms with E-state index in [1.165, 1.54) is 22.5 Å². The highest BCUT2D eigenvalue weighted by Crippen LogP contribution is 2.51. The summed E-state index contributed by atoms with van der Waals surface area (Å²) >= 11 is 0. The molecule has 1 aliphatic rings. The quantitative estimate of drug-likeness (QED) is 0.318. The maximum Gasteiger partial charge on any atom is 0.247 e. The van der Waals surface area contributed by atoms with Crippen LogP contribution >= 0.6 is 0 Å². The average molecular weight is 403 g/mol. The van der Waals surface area contributed by atoms with E-state index in [0.717, 1.165) is 16.8 Å². The number of hydrogen-bond acceptors (Lipinski definition) is 4. The number of para-hydroxylation sites is 2. The van der Waals surface area contributed by atoms with Crippen LogP contribution in [0.5, 0.6) is 0 Å². The number of anilines is 3. The third-order valence-corrected chi connectivity index (χ3v) is 6.18. The van der Waals surface area contributed by atoms with Gasteiger partial charge in [-0.3, -0.25) is 0 Å². The fraction of sp³-hybridized carbons (Fsp3) is 0.111. The normalized spacial score (nSPS) is 14.3. The van der Waals surface area contributed by atoms with E-state index in [0.29, 0.717) is 11.6 Å². The summed E-state index contributed by atoms with van der Waals surface area (Å²) in [5, 5.41) is 0. The van der Waals surface area contributed by atoms with Crippen LogP contribution in [0.1, 0.15) is 25.0 Å². The Kier molecular flexibility index (Phi) is 3.78. The fourth-order valence-corrected chi connectivity index (χ4v) is 4.59. The molecule has 1 aliphatic heterocycles. The van der Waals surface area contributed by atoms with Crippen LogP contribution in [-0.2, 0) is 5.41 Å². The minimum Gasteiger partial charge on any atom is -0.418 e. The second kappa shape index (κ2) is 6.54. The van der Waals surface area contributed by atoms with Crippen LogP contribution < -0.4 is 4.90 Å². The van der Waals surface area contributed by atoms with Gasteiger partial charge in [0.25, 0.3) is 0 Å². The van der Waals surface area contributed by atoms with Crippen molar-refractivity contribution >= 4 is 28.3 Å². The third-order valence-electron chi connectivity index (χ3n) is 6.18. The summed E-state index contributed by atoms with van der Waals surface area (Å²) in [6.45, 7) is 4.60. The summed E-state index contributed by atoms with van der Waals surface area (Å²) < 4.78 is 5.84. The monoisotopic (exact) mass is 403 g/mol. The number of nitrogens with zero attached hydrogens (tertiary/aromatic N) is 3. The largest absolute Gasteiger partial charge is 0.418 e. The first-order valence-corrected chi connectivity index (χ1v) is 10.4. The van der Waals surface area contributed by atoms with E-state index < -0.39 is 0 Å². The molecule has 0 amide bonds. The van der Waals surface area contributed by atoms with Gasteiger partial charge in [0.2, 0.25) is 11.6 Å². The number of benzene rings is 3. The Balaban J connectivity index is 1.47. The Morgan fingerprint density at radius 2 is 1.39 bits per heavy atom. The number of rotatable bonds is 2. The molecule has 3 aromatic carbocycles. The van der Waals surface area contributed by atoms with Crippen molar-refractivity contribution < 1.29 is 4.42 Å². The molecule has 0 radical (unpaired) electrons. The van der Waals surface area contributed by atoms with Crippen molar-refractivity contribution in [2.75, 3.05) is 4.90 Å².